The summed E-state index contributed by atoms with van der Waals surface area (Å²) in [5.74, 6) is -1.77. The van der Waals surface area contributed by atoms with Crippen molar-refractivity contribution in [1.29, 1.82) is 0 Å². The lowest BCUT2D eigenvalue weighted by Gasteiger charge is -2.37. The Balaban J connectivity index is 1.45. The van der Waals surface area contributed by atoms with Gasteiger partial charge in [0.05, 0.1) is 36.4 Å². The monoisotopic (exact) mass is 547 g/mol. The number of aliphatic hydroxyl groups excluding tert-OH is 1. The van der Waals surface area contributed by atoms with E-state index in [0.29, 0.717) is 45.9 Å². The quantitative estimate of drug-likeness (QED) is 0.263. The molecule has 1 unspecified atom stereocenters. The zero-order valence-corrected chi connectivity index (χ0v) is 23.2. The number of hydrogen-bond acceptors (Lipinski definition) is 8. The van der Waals surface area contributed by atoms with Gasteiger partial charge in [-0.15, -0.1) is 11.8 Å². The minimum Gasteiger partial charge on any atom is -0.465 e. The molecule has 2 amide bonds. The molecule has 0 saturated carbocycles. The number of unbranched alkanes of at least 4 members (excludes halogenated alkanes) is 3. The second-order valence-corrected chi connectivity index (χ2v) is 13.0. The third kappa shape index (κ3) is 5.05. The van der Waals surface area contributed by atoms with Crippen molar-refractivity contribution in [3.8, 4) is 0 Å². The van der Waals surface area contributed by atoms with E-state index in [2.05, 4.69) is 17.1 Å². The highest BCUT2D eigenvalue weighted by Crippen LogP contribution is 2.65. The fraction of sp³-hybridized carbons (Fsp3) is 0.750. The largest absolute Gasteiger partial charge is 0.465 e. The van der Waals surface area contributed by atoms with Crippen molar-refractivity contribution in [3.05, 3.63) is 24.3 Å². The van der Waals surface area contributed by atoms with Crippen molar-refractivity contribution < 1.29 is 29.0 Å². The molecule has 0 aromatic carbocycles. The lowest BCUT2D eigenvalue weighted by molar-refractivity contribution is -0.154. The maximum atomic E-state index is 14.3. The van der Waals surface area contributed by atoms with Crippen LogP contribution in [0, 0.1) is 11.8 Å². The van der Waals surface area contributed by atoms with Crippen LogP contribution in [0.2, 0.25) is 0 Å². The summed E-state index contributed by atoms with van der Waals surface area (Å²) in [5, 5.41) is 9.14. The van der Waals surface area contributed by atoms with Crippen LogP contribution in [0.1, 0.15) is 39.0 Å². The molecule has 3 fully saturated rings. The lowest BCUT2D eigenvalue weighted by atomic mass is 9.74. The molecule has 0 aromatic heterocycles. The number of likely N-dealkylation sites (tertiary alicyclic amines) is 1. The van der Waals surface area contributed by atoms with Crippen molar-refractivity contribution in [1.82, 2.24) is 14.7 Å². The molecule has 5 heterocycles. The number of fused-ring (bicyclic) bond motifs is 2. The van der Waals surface area contributed by atoms with E-state index in [9.17, 15) is 14.4 Å². The summed E-state index contributed by atoms with van der Waals surface area (Å²) in [6.07, 6.45) is 12.1. The number of aliphatic hydroxyl groups is 1. The molecule has 0 aromatic rings. The topological polar surface area (TPSA) is 99.6 Å². The summed E-state index contributed by atoms with van der Waals surface area (Å²) in [5.41, 5.74) is 0. The maximum absolute atomic E-state index is 14.3. The highest BCUT2D eigenvalue weighted by Gasteiger charge is 2.73. The zero-order valence-electron chi connectivity index (χ0n) is 22.4. The molecule has 5 atom stereocenters. The van der Waals surface area contributed by atoms with Gasteiger partial charge in [0.1, 0.15) is 6.04 Å². The second-order valence-electron chi connectivity index (χ2n) is 11.2. The van der Waals surface area contributed by atoms with Crippen LogP contribution in [0.5, 0.6) is 0 Å². The number of hydrogen-bond donors (Lipinski definition) is 1. The number of esters is 1. The third-order valence-electron chi connectivity index (χ3n) is 8.70. The maximum Gasteiger partial charge on any atom is 0.311 e. The minimum atomic E-state index is -0.819. The molecule has 1 N–H and O–H groups in total. The van der Waals surface area contributed by atoms with Crippen LogP contribution in [0.15, 0.2) is 24.3 Å². The van der Waals surface area contributed by atoms with Gasteiger partial charge in [-0.25, -0.2) is 0 Å². The molecule has 1 spiro atoms. The molecular weight excluding hydrogens is 506 g/mol. The summed E-state index contributed by atoms with van der Waals surface area (Å²) >= 11 is 1.60. The van der Waals surface area contributed by atoms with E-state index in [4.69, 9.17) is 14.6 Å². The van der Waals surface area contributed by atoms with Gasteiger partial charge >= 0.3 is 5.97 Å². The number of rotatable bonds is 9. The normalized spacial score (nSPS) is 35.4. The number of thioether (sulfide) groups is 1. The first kappa shape index (κ1) is 27.7. The van der Waals surface area contributed by atoms with Gasteiger partial charge in [0, 0.05) is 50.6 Å². The average Bonchev–Trinajstić information content (AvgIpc) is 3.22. The van der Waals surface area contributed by atoms with Crippen molar-refractivity contribution in [2.24, 2.45) is 11.8 Å². The van der Waals surface area contributed by atoms with E-state index in [1.165, 1.54) is 0 Å². The molecule has 5 rings (SSSR count). The minimum absolute atomic E-state index is 0.0304. The SMILES string of the molecule is C[C@@]12C=CCCOC(=O)[C@@H]1[C@H]1C(=O)N(CCCCCCO)C3C(=O)N(CCN4CCOCC4)CC=C[C@@]31S2. The molecule has 0 bridgehead atoms. The van der Waals surface area contributed by atoms with Crippen molar-refractivity contribution in [3.63, 3.8) is 0 Å². The molecule has 38 heavy (non-hydrogen) atoms. The average molecular weight is 548 g/mol. The lowest BCUT2D eigenvalue weighted by Crippen LogP contribution is -2.54. The molecule has 0 aliphatic carbocycles. The van der Waals surface area contributed by atoms with Gasteiger partial charge in [-0.05, 0) is 26.2 Å². The molecule has 0 radical (unpaired) electrons. The Morgan fingerprint density at radius 2 is 1.74 bits per heavy atom. The molecule has 210 valence electrons. The van der Waals surface area contributed by atoms with Crippen molar-refractivity contribution in [2.75, 3.05) is 65.7 Å². The fourth-order valence-corrected chi connectivity index (χ4v) is 8.96. The Morgan fingerprint density at radius 3 is 2.53 bits per heavy atom. The van der Waals surface area contributed by atoms with Gasteiger partial charge in [-0.1, -0.05) is 37.1 Å². The van der Waals surface area contributed by atoms with Gasteiger partial charge in [0.25, 0.3) is 0 Å². The molecule has 3 saturated heterocycles. The van der Waals surface area contributed by atoms with E-state index in [0.717, 1.165) is 45.3 Å². The standard InChI is InChI=1S/C28H41N3O6S/c1-27-9-4-7-18-37-26(35)22(27)21-24(33)31(12-5-2-3-6-17-32)23-25(34)30(11-8-10-28(21,23)38-27)14-13-29-15-19-36-20-16-29/h4,8-10,21-23,32H,2-3,5-7,11-20H2,1H3/t21-,22-,23?,27+,28-/m0/s1. The summed E-state index contributed by atoms with van der Waals surface area (Å²) in [7, 11) is 0. The van der Waals surface area contributed by atoms with E-state index in [-0.39, 0.29) is 24.4 Å². The van der Waals surface area contributed by atoms with Crippen LogP contribution in [0.4, 0.5) is 0 Å². The van der Waals surface area contributed by atoms with Gasteiger partial charge in [0.15, 0.2) is 0 Å². The molecule has 10 heteroatoms. The highest BCUT2D eigenvalue weighted by molar-refractivity contribution is 8.02. The Kier molecular flexibility index (Phi) is 8.52. The zero-order chi connectivity index (χ0) is 26.8. The van der Waals surface area contributed by atoms with Gasteiger partial charge in [-0.2, -0.15) is 0 Å². The van der Waals surface area contributed by atoms with Crippen LogP contribution in [-0.2, 0) is 23.9 Å². The van der Waals surface area contributed by atoms with E-state index in [1.807, 2.05) is 24.0 Å². The number of nitrogens with zero attached hydrogens (tertiary/aromatic N) is 3. The molecular formula is C28H41N3O6S. The highest BCUT2D eigenvalue weighted by atomic mass is 32.2. The molecule has 5 aliphatic rings. The Bertz CT molecular complexity index is 968. The van der Waals surface area contributed by atoms with Crippen LogP contribution < -0.4 is 0 Å². The Labute approximate surface area is 229 Å². The summed E-state index contributed by atoms with van der Waals surface area (Å²) in [6.45, 7) is 7.94. The van der Waals surface area contributed by atoms with Crippen LogP contribution >= 0.6 is 11.8 Å². The smallest absolute Gasteiger partial charge is 0.311 e. The van der Waals surface area contributed by atoms with Gasteiger partial charge < -0.3 is 24.4 Å². The molecule has 5 aliphatic heterocycles. The van der Waals surface area contributed by atoms with Crippen LogP contribution in [-0.4, -0.2) is 119 Å². The Hall–Kier alpha value is -1.88. The second kappa shape index (κ2) is 11.7. The van der Waals surface area contributed by atoms with Crippen LogP contribution in [0.25, 0.3) is 0 Å². The van der Waals surface area contributed by atoms with Crippen molar-refractivity contribution >= 4 is 29.5 Å². The van der Waals surface area contributed by atoms with Crippen LogP contribution in [0.3, 0.4) is 0 Å². The number of amides is 2. The first-order valence-electron chi connectivity index (χ1n) is 14.1. The van der Waals surface area contributed by atoms with E-state index < -0.39 is 27.4 Å². The predicted molar refractivity (Wildman–Crippen MR) is 144 cm³/mol. The van der Waals surface area contributed by atoms with Gasteiger partial charge in [0.2, 0.25) is 11.8 Å². The number of carbonyl (C=O) groups excluding carboxylic acids is 3. The first-order valence-corrected chi connectivity index (χ1v) is 15.0. The fourth-order valence-electron chi connectivity index (χ4n) is 6.81. The number of carbonyl (C=O) groups is 3. The third-order valence-corrected chi connectivity index (χ3v) is 10.5. The number of ether oxygens (including phenoxy) is 2. The summed E-state index contributed by atoms with van der Waals surface area (Å²) in [6, 6.07) is -0.655. The summed E-state index contributed by atoms with van der Waals surface area (Å²) < 4.78 is 9.63. The number of morpholine rings is 1. The van der Waals surface area contributed by atoms with E-state index >= 15 is 0 Å². The first-order chi connectivity index (χ1) is 18.4. The number of cyclic esters (lactones) is 1. The van der Waals surface area contributed by atoms with E-state index in [1.54, 1.807) is 16.7 Å². The molecule has 9 nitrogen and oxygen atoms in total. The van der Waals surface area contributed by atoms with Crippen molar-refractivity contribution in [2.45, 2.75) is 54.6 Å². The Morgan fingerprint density at radius 1 is 0.947 bits per heavy atom. The summed E-state index contributed by atoms with van der Waals surface area (Å²) in [4.78, 5) is 47.9. The van der Waals surface area contributed by atoms with Gasteiger partial charge in [-0.3, -0.25) is 19.3 Å². The predicted octanol–water partition coefficient (Wildman–Crippen LogP) is 1.46.